The number of rotatable bonds is 9. The van der Waals surface area contributed by atoms with Crippen molar-refractivity contribution in [2.24, 2.45) is 5.16 Å². The number of hydrogen-bond acceptors (Lipinski definition) is 9. The molecule has 0 fully saturated rings. The number of thiazole rings is 1. The number of hydrogen-bond donors (Lipinski definition) is 2. The van der Waals surface area contributed by atoms with Crippen LogP contribution in [0, 0.1) is 0 Å². The Morgan fingerprint density at radius 1 is 1.34 bits per heavy atom. The van der Waals surface area contributed by atoms with E-state index in [-0.39, 0.29) is 21.8 Å². The van der Waals surface area contributed by atoms with Gasteiger partial charge >= 0.3 is 18.0 Å². The Hall–Kier alpha value is -2.40. The Morgan fingerprint density at radius 3 is 2.55 bits per heavy atom. The lowest BCUT2D eigenvalue weighted by atomic mass is 10.2. The molecular formula is C17H24ClN3O7S. The Labute approximate surface area is 177 Å². The third-order valence-corrected chi connectivity index (χ3v) is 4.17. The summed E-state index contributed by atoms with van der Waals surface area (Å²) in [4.78, 5) is 44.0. The number of nitrogens with zero attached hydrogens (tertiary/aromatic N) is 2. The zero-order valence-corrected chi connectivity index (χ0v) is 18.3. The fourth-order valence-corrected chi connectivity index (χ4v) is 2.72. The number of anilines is 1. The first kappa shape index (κ1) is 24.6. The number of aliphatic carboxylic acids is 1. The smallest absolute Gasteiger partial charge is 0.413 e. The second-order valence-corrected chi connectivity index (χ2v) is 8.38. The minimum Gasteiger partial charge on any atom is -0.476 e. The molecule has 0 aliphatic rings. The molecular weight excluding hydrogens is 426 g/mol. The van der Waals surface area contributed by atoms with Crippen LogP contribution in [0.15, 0.2) is 5.16 Å². The van der Waals surface area contributed by atoms with Gasteiger partial charge in [-0.25, -0.2) is 19.4 Å². The van der Waals surface area contributed by atoms with Crippen LogP contribution in [0.5, 0.6) is 0 Å². The van der Waals surface area contributed by atoms with Crippen molar-refractivity contribution in [2.75, 3.05) is 11.9 Å². The molecule has 2 N–H and O–H groups in total. The highest BCUT2D eigenvalue weighted by Crippen LogP contribution is 2.29. The van der Waals surface area contributed by atoms with E-state index in [2.05, 4.69) is 15.5 Å². The SMILES string of the molecule is CCCCOC(=O)[C@H](C)O/N=C(\C(=O)O)c1nc(NC(=O)OC(C)(C)C)sc1Cl. The van der Waals surface area contributed by atoms with Crippen LogP contribution in [0.2, 0.25) is 4.34 Å². The van der Waals surface area contributed by atoms with Gasteiger partial charge in [0, 0.05) is 0 Å². The topological polar surface area (TPSA) is 136 Å². The summed E-state index contributed by atoms with van der Waals surface area (Å²) < 4.78 is 10.0. The van der Waals surface area contributed by atoms with Crippen molar-refractivity contribution in [3.05, 3.63) is 10.0 Å². The number of oxime groups is 1. The largest absolute Gasteiger partial charge is 0.476 e. The van der Waals surface area contributed by atoms with Crippen LogP contribution in [-0.4, -0.2) is 52.1 Å². The number of ether oxygens (including phenoxy) is 2. The molecule has 0 spiro atoms. The van der Waals surface area contributed by atoms with Crippen molar-refractivity contribution in [3.8, 4) is 0 Å². The number of carboxylic acids is 1. The molecule has 1 aromatic heterocycles. The van der Waals surface area contributed by atoms with Gasteiger partial charge in [-0.05, 0) is 34.1 Å². The molecule has 29 heavy (non-hydrogen) atoms. The van der Waals surface area contributed by atoms with Crippen molar-refractivity contribution >= 4 is 51.8 Å². The van der Waals surface area contributed by atoms with Gasteiger partial charge < -0.3 is 19.4 Å². The van der Waals surface area contributed by atoms with Gasteiger partial charge in [0.25, 0.3) is 0 Å². The third kappa shape index (κ3) is 8.65. The summed E-state index contributed by atoms with van der Waals surface area (Å²) in [6, 6.07) is 0. The maximum atomic E-state index is 11.8. The third-order valence-electron chi connectivity index (χ3n) is 3.00. The van der Waals surface area contributed by atoms with Gasteiger partial charge in [-0.3, -0.25) is 5.32 Å². The van der Waals surface area contributed by atoms with Crippen molar-refractivity contribution in [2.45, 2.75) is 59.2 Å². The van der Waals surface area contributed by atoms with E-state index >= 15 is 0 Å². The normalized spacial score (nSPS) is 12.8. The number of carbonyl (C=O) groups is 3. The number of aromatic nitrogens is 1. The molecule has 0 bridgehead atoms. The number of carbonyl (C=O) groups excluding carboxylic acids is 2. The van der Waals surface area contributed by atoms with Crippen molar-refractivity contribution < 1.29 is 33.8 Å². The molecule has 1 aromatic rings. The molecule has 1 atom stereocenters. The lowest BCUT2D eigenvalue weighted by molar-refractivity contribution is -0.156. The molecule has 0 unspecified atom stereocenters. The molecule has 0 radical (unpaired) electrons. The molecule has 1 rings (SSSR count). The van der Waals surface area contributed by atoms with E-state index in [1.165, 1.54) is 6.92 Å². The van der Waals surface area contributed by atoms with Crippen molar-refractivity contribution in [3.63, 3.8) is 0 Å². The van der Waals surface area contributed by atoms with E-state index in [4.69, 9.17) is 25.9 Å². The molecule has 0 aromatic carbocycles. The Balaban J connectivity index is 2.90. The number of nitrogens with one attached hydrogen (secondary N) is 1. The minimum absolute atomic E-state index is 0.0141. The van der Waals surface area contributed by atoms with Crippen LogP contribution in [0.25, 0.3) is 0 Å². The van der Waals surface area contributed by atoms with Gasteiger partial charge in [-0.15, -0.1) is 0 Å². The second kappa shape index (κ2) is 11.0. The maximum Gasteiger partial charge on any atom is 0.413 e. The summed E-state index contributed by atoms with van der Waals surface area (Å²) in [7, 11) is 0. The predicted molar refractivity (Wildman–Crippen MR) is 108 cm³/mol. The highest BCUT2D eigenvalue weighted by atomic mass is 35.5. The van der Waals surface area contributed by atoms with Crippen molar-refractivity contribution in [1.29, 1.82) is 0 Å². The number of carboxylic acid groups (broad SMARTS) is 1. The molecule has 10 nitrogen and oxygen atoms in total. The van der Waals surface area contributed by atoms with Gasteiger partial charge in [0.1, 0.15) is 15.6 Å². The predicted octanol–water partition coefficient (Wildman–Crippen LogP) is 3.68. The Kier molecular flexibility index (Phi) is 9.31. The summed E-state index contributed by atoms with van der Waals surface area (Å²) in [6.45, 7) is 8.61. The first-order valence-electron chi connectivity index (χ1n) is 8.75. The average Bonchev–Trinajstić information content (AvgIpc) is 2.92. The summed E-state index contributed by atoms with van der Waals surface area (Å²) in [5.41, 5.74) is -1.57. The van der Waals surface area contributed by atoms with Gasteiger partial charge in [0.2, 0.25) is 11.8 Å². The van der Waals surface area contributed by atoms with Gasteiger partial charge in [0.15, 0.2) is 5.13 Å². The maximum absolute atomic E-state index is 11.8. The minimum atomic E-state index is -1.48. The molecule has 0 aliphatic heterocycles. The monoisotopic (exact) mass is 449 g/mol. The van der Waals surface area contributed by atoms with E-state index in [0.717, 1.165) is 17.8 Å². The number of halogens is 1. The van der Waals surface area contributed by atoms with Crippen LogP contribution in [0.1, 0.15) is 53.2 Å². The van der Waals surface area contributed by atoms with E-state index in [1.807, 2.05) is 6.92 Å². The quantitative estimate of drug-likeness (QED) is 0.252. The average molecular weight is 450 g/mol. The second-order valence-electron chi connectivity index (χ2n) is 6.78. The molecule has 0 saturated carbocycles. The standard InChI is InChI=1S/C17H24ClN3O7S/c1-6-7-8-26-14(24)9(2)28-21-11(13(22)23)10-12(18)29-15(19-10)20-16(25)27-17(3,4)5/h9H,6-8H2,1-5H3,(H,22,23)(H,19,20,25)/b21-11-/t9-/m0/s1. The zero-order chi connectivity index (χ0) is 22.2. The van der Waals surface area contributed by atoms with Crippen LogP contribution >= 0.6 is 22.9 Å². The van der Waals surface area contributed by atoms with Crippen LogP contribution < -0.4 is 5.32 Å². The number of unbranched alkanes of at least 4 members (excludes halogenated alkanes) is 1. The molecule has 1 heterocycles. The summed E-state index contributed by atoms with van der Waals surface area (Å²) in [6.07, 6.45) is -0.351. The Bertz CT molecular complexity index is 774. The fraction of sp³-hybridized carbons (Fsp3) is 0.588. The van der Waals surface area contributed by atoms with Gasteiger partial charge in [-0.1, -0.05) is 41.4 Å². The zero-order valence-electron chi connectivity index (χ0n) is 16.8. The Morgan fingerprint density at radius 2 is 2.00 bits per heavy atom. The highest BCUT2D eigenvalue weighted by Gasteiger charge is 2.25. The first-order chi connectivity index (χ1) is 13.4. The first-order valence-corrected chi connectivity index (χ1v) is 9.94. The number of esters is 1. The summed E-state index contributed by atoms with van der Waals surface area (Å²) >= 11 is 6.85. The van der Waals surface area contributed by atoms with E-state index in [1.54, 1.807) is 20.8 Å². The molecule has 1 amide bonds. The van der Waals surface area contributed by atoms with Crippen LogP contribution in [-0.2, 0) is 23.9 Å². The van der Waals surface area contributed by atoms with Crippen molar-refractivity contribution in [1.82, 2.24) is 4.98 Å². The van der Waals surface area contributed by atoms with Crippen LogP contribution in [0.4, 0.5) is 9.93 Å². The summed E-state index contributed by atoms with van der Waals surface area (Å²) in [5, 5.41) is 15.3. The van der Waals surface area contributed by atoms with E-state index in [0.29, 0.717) is 6.42 Å². The molecule has 0 saturated heterocycles. The van der Waals surface area contributed by atoms with E-state index < -0.39 is 35.4 Å². The highest BCUT2D eigenvalue weighted by molar-refractivity contribution is 7.20. The lowest BCUT2D eigenvalue weighted by Crippen LogP contribution is -2.27. The number of amides is 1. The van der Waals surface area contributed by atoms with E-state index in [9.17, 15) is 19.5 Å². The van der Waals surface area contributed by atoms with Crippen LogP contribution in [0.3, 0.4) is 0 Å². The summed E-state index contributed by atoms with van der Waals surface area (Å²) in [5.74, 6) is -2.16. The van der Waals surface area contributed by atoms with Gasteiger partial charge in [0.05, 0.1) is 6.61 Å². The molecule has 0 aliphatic carbocycles. The molecule has 12 heteroatoms. The lowest BCUT2D eigenvalue weighted by Gasteiger charge is -2.18. The molecule has 162 valence electrons. The van der Waals surface area contributed by atoms with Gasteiger partial charge in [-0.2, -0.15) is 0 Å². The fourth-order valence-electron chi connectivity index (χ4n) is 1.68.